The Morgan fingerprint density at radius 3 is 2.62 bits per heavy atom. The van der Waals surface area contributed by atoms with Crippen LogP contribution in [0.3, 0.4) is 0 Å². The number of hydrogen-bond acceptors (Lipinski definition) is 5. The zero-order chi connectivity index (χ0) is 18.7. The Labute approximate surface area is 168 Å². The van der Waals surface area contributed by atoms with Gasteiger partial charge in [-0.1, -0.05) is 52.4 Å². The number of para-hydroxylation sites is 1. The maximum absolute atomic E-state index is 12.5. The number of carbonyl (C=O) groups is 2. The van der Waals surface area contributed by atoms with E-state index in [1.807, 2.05) is 30.3 Å². The number of nitrogens with one attached hydrogen (secondary N) is 1. The fourth-order valence-corrected chi connectivity index (χ4v) is 3.69. The van der Waals surface area contributed by atoms with Crippen LogP contribution in [0.15, 0.2) is 57.9 Å². The summed E-state index contributed by atoms with van der Waals surface area (Å²) in [5.41, 5.74) is 3.78. The van der Waals surface area contributed by atoms with Gasteiger partial charge in [0.2, 0.25) is 0 Å². The van der Waals surface area contributed by atoms with Crippen molar-refractivity contribution in [1.82, 2.24) is 10.4 Å². The van der Waals surface area contributed by atoms with E-state index >= 15 is 0 Å². The molecule has 1 fully saturated rings. The first-order valence-corrected chi connectivity index (χ1v) is 9.49. The minimum absolute atomic E-state index is 0.256. The monoisotopic (exact) mass is 448 g/mol. The third-order valence-corrected chi connectivity index (χ3v) is 5.48. The van der Waals surface area contributed by atoms with Crippen molar-refractivity contribution >= 4 is 62.1 Å². The first-order valence-electron chi connectivity index (χ1n) is 7.47. The Morgan fingerprint density at radius 1 is 1.23 bits per heavy atom. The number of hydrazine groups is 1. The molecule has 0 unspecified atom stereocenters. The van der Waals surface area contributed by atoms with Gasteiger partial charge in [-0.25, -0.2) is 0 Å². The van der Waals surface area contributed by atoms with Crippen LogP contribution in [-0.4, -0.2) is 28.3 Å². The third-order valence-electron chi connectivity index (χ3n) is 3.53. The fraction of sp³-hybridized carbons (Fsp3) is 0.0556. The highest BCUT2D eigenvalue weighted by atomic mass is 79.9. The lowest BCUT2D eigenvalue weighted by Gasteiger charge is -2.16. The molecule has 2 aromatic carbocycles. The Hall–Kier alpha value is -2.16. The van der Waals surface area contributed by atoms with Crippen LogP contribution in [0.2, 0.25) is 0 Å². The van der Waals surface area contributed by atoms with E-state index in [2.05, 4.69) is 21.4 Å². The van der Waals surface area contributed by atoms with E-state index in [0.29, 0.717) is 16.2 Å². The molecule has 5 nitrogen and oxygen atoms in total. The standard InChI is InChI=1S/C18H13BrN2O3S2/c1-24-14-5-3-2-4-13(14)16(22)20-21-17(25)15(26-18(21)23)10-11-6-8-12(19)9-7-11/h2-10H,1H3,(H,20,22). The van der Waals surface area contributed by atoms with Crippen molar-refractivity contribution in [3.8, 4) is 5.75 Å². The molecule has 1 aliphatic rings. The number of halogens is 1. The van der Waals surface area contributed by atoms with Gasteiger partial charge >= 0.3 is 5.24 Å². The number of nitrogens with zero attached hydrogens (tertiary/aromatic N) is 1. The van der Waals surface area contributed by atoms with Gasteiger partial charge in [-0.2, -0.15) is 5.01 Å². The van der Waals surface area contributed by atoms with Crippen molar-refractivity contribution in [1.29, 1.82) is 0 Å². The van der Waals surface area contributed by atoms with Gasteiger partial charge in [0.15, 0.2) is 0 Å². The van der Waals surface area contributed by atoms with E-state index in [4.69, 9.17) is 17.0 Å². The number of thioether (sulfide) groups is 1. The average Bonchev–Trinajstić information content (AvgIpc) is 2.91. The molecule has 0 atom stereocenters. The van der Waals surface area contributed by atoms with Crippen LogP contribution in [0.4, 0.5) is 4.79 Å². The molecular weight excluding hydrogens is 436 g/mol. The maximum Gasteiger partial charge on any atom is 0.310 e. The second-order valence-electron chi connectivity index (χ2n) is 5.21. The van der Waals surface area contributed by atoms with E-state index < -0.39 is 5.91 Å². The van der Waals surface area contributed by atoms with Crippen LogP contribution >= 0.6 is 39.9 Å². The molecule has 0 aromatic heterocycles. The van der Waals surface area contributed by atoms with Crippen molar-refractivity contribution in [3.05, 3.63) is 69.0 Å². The van der Waals surface area contributed by atoms with Crippen LogP contribution in [0.25, 0.3) is 6.08 Å². The number of methoxy groups -OCH3 is 1. The van der Waals surface area contributed by atoms with E-state index in [0.717, 1.165) is 26.8 Å². The van der Waals surface area contributed by atoms with Crippen molar-refractivity contribution in [2.75, 3.05) is 7.11 Å². The predicted molar refractivity (Wildman–Crippen MR) is 110 cm³/mol. The minimum atomic E-state index is -0.469. The van der Waals surface area contributed by atoms with Gasteiger partial charge in [0.25, 0.3) is 5.91 Å². The molecule has 8 heteroatoms. The molecule has 26 heavy (non-hydrogen) atoms. The van der Waals surface area contributed by atoms with Crippen LogP contribution in [0, 0.1) is 0 Å². The molecule has 2 amide bonds. The molecule has 1 saturated heterocycles. The summed E-state index contributed by atoms with van der Waals surface area (Å²) in [7, 11) is 1.48. The summed E-state index contributed by atoms with van der Waals surface area (Å²) in [5.74, 6) is -0.0514. The van der Waals surface area contributed by atoms with Crippen molar-refractivity contribution in [3.63, 3.8) is 0 Å². The highest BCUT2D eigenvalue weighted by Crippen LogP contribution is 2.32. The average molecular weight is 449 g/mol. The fourth-order valence-electron chi connectivity index (χ4n) is 2.27. The highest BCUT2D eigenvalue weighted by molar-refractivity contribution is 9.10. The summed E-state index contributed by atoms with van der Waals surface area (Å²) >= 11 is 9.71. The Kier molecular flexibility index (Phi) is 5.75. The number of thiocarbonyl (C=S) groups is 1. The maximum atomic E-state index is 12.5. The van der Waals surface area contributed by atoms with E-state index in [9.17, 15) is 9.59 Å². The molecule has 3 rings (SSSR count). The highest BCUT2D eigenvalue weighted by Gasteiger charge is 2.33. The molecule has 0 bridgehead atoms. The SMILES string of the molecule is COc1ccccc1C(=O)NN1C(=O)SC(=Cc2ccc(Br)cc2)C1=S. The number of benzene rings is 2. The topological polar surface area (TPSA) is 58.6 Å². The summed E-state index contributed by atoms with van der Waals surface area (Å²) in [6.45, 7) is 0. The van der Waals surface area contributed by atoms with Gasteiger partial charge in [0.05, 0.1) is 17.6 Å². The van der Waals surface area contributed by atoms with Gasteiger partial charge in [0.1, 0.15) is 10.7 Å². The number of carbonyl (C=O) groups excluding carboxylic acids is 2. The lowest BCUT2D eigenvalue weighted by atomic mass is 10.2. The zero-order valence-electron chi connectivity index (χ0n) is 13.6. The lowest BCUT2D eigenvalue weighted by molar-refractivity contribution is 0.0893. The zero-order valence-corrected chi connectivity index (χ0v) is 16.8. The van der Waals surface area contributed by atoms with Crippen LogP contribution in [-0.2, 0) is 0 Å². The molecule has 1 aliphatic heterocycles. The van der Waals surface area contributed by atoms with Gasteiger partial charge in [-0.3, -0.25) is 15.0 Å². The van der Waals surface area contributed by atoms with Crippen molar-refractivity contribution < 1.29 is 14.3 Å². The lowest BCUT2D eigenvalue weighted by Crippen LogP contribution is -2.44. The van der Waals surface area contributed by atoms with Crippen molar-refractivity contribution in [2.24, 2.45) is 0 Å². The number of rotatable bonds is 4. The quantitative estimate of drug-likeness (QED) is 0.545. The molecule has 0 aliphatic carbocycles. The normalized spacial score (nSPS) is 15.5. The summed E-state index contributed by atoms with van der Waals surface area (Å²) in [4.78, 5) is 25.6. The smallest absolute Gasteiger partial charge is 0.310 e. The third kappa shape index (κ3) is 3.98. The first-order chi connectivity index (χ1) is 12.5. The second-order valence-corrected chi connectivity index (χ2v) is 7.51. The Morgan fingerprint density at radius 2 is 1.92 bits per heavy atom. The Balaban J connectivity index is 1.79. The van der Waals surface area contributed by atoms with Crippen LogP contribution in [0.5, 0.6) is 5.75 Å². The Bertz CT molecular complexity index is 913. The van der Waals surface area contributed by atoms with Crippen molar-refractivity contribution in [2.45, 2.75) is 0 Å². The number of ether oxygens (including phenoxy) is 1. The van der Waals surface area contributed by atoms with E-state index in [1.54, 1.807) is 24.3 Å². The summed E-state index contributed by atoms with van der Waals surface area (Å²) in [6.07, 6.45) is 1.81. The number of amides is 2. The molecule has 2 aromatic rings. The van der Waals surface area contributed by atoms with Gasteiger partial charge in [0, 0.05) is 4.47 Å². The van der Waals surface area contributed by atoms with Gasteiger partial charge in [-0.15, -0.1) is 0 Å². The van der Waals surface area contributed by atoms with E-state index in [1.165, 1.54) is 7.11 Å². The summed E-state index contributed by atoms with van der Waals surface area (Å²) in [5, 5.41) is 0.723. The molecular formula is C18H13BrN2O3S2. The van der Waals surface area contributed by atoms with Gasteiger partial charge in [-0.05, 0) is 47.7 Å². The molecule has 0 spiro atoms. The minimum Gasteiger partial charge on any atom is -0.496 e. The molecule has 1 heterocycles. The largest absolute Gasteiger partial charge is 0.496 e. The summed E-state index contributed by atoms with van der Waals surface area (Å²) in [6, 6.07) is 14.4. The predicted octanol–water partition coefficient (Wildman–Crippen LogP) is 4.64. The molecule has 1 N–H and O–H groups in total. The van der Waals surface area contributed by atoms with Crippen LogP contribution < -0.4 is 10.2 Å². The second kappa shape index (κ2) is 8.03. The molecule has 132 valence electrons. The first kappa shape index (κ1) is 18.6. The van der Waals surface area contributed by atoms with Crippen LogP contribution in [0.1, 0.15) is 15.9 Å². The molecule has 0 saturated carbocycles. The van der Waals surface area contributed by atoms with E-state index in [-0.39, 0.29) is 10.2 Å². The summed E-state index contributed by atoms with van der Waals surface area (Å²) < 4.78 is 6.14. The van der Waals surface area contributed by atoms with Gasteiger partial charge < -0.3 is 4.74 Å². The number of hydrogen-bond donors (Lipinski definition) is 1. The molecule has 0 radical (unpaired) electrons.